The third kappa shape index (κ3) is 5.60. The van der Waals surface area contributed by atoms with Crippen molar-refractivity contribution >= 4 is 37.5 Å². The molecule has 0 heterocycles. The highest BCUT2D eigenvalue weighted by Gasteiger charge is 2.27. The average molecular weight is 519 g/mol. The van der Waals surface area contributed by atoms with Crippen LogP contribution in [0.15, 0.2) is 82.2 Å². The number of benzene rings is 3. The summed E-state index contributed by atoms with van der Waals surface area (Å²) in [6.07, 6.45) is 0. The molecule has 3 rings (SSSR count). The van der Waals surface area contributed by atoms with Crippen molar-refractivity contribution in [2.75, 3.05) is 25.1 Å². The van der Waals surface area contributed by atoms with Crippen LogP contribution in [0.5, 0.6) is 11.5 Å². The molecule has 32 heavy (non-hydrogen) atoms. The number of ether oxygens (including phenoxy) is 2. The lowest BCUT2D eigenvalue weighted by molar-refractivity contribution is -0.119. The molecule has 1 N–H and O–H groups in total. The molecule has 0 saturated heterocycles. The van der Waals surface area contributed by atoms with Gasteiger partial charge in [-0.15, -0.1) is 0 Å². The van der Waals surface area contributed by atoms with Crippen LogP contribution in [0.25, 0.3) is 0 Å². The van der Waals surface area contributed by atoms with E-state index >= 15 is 0 Å². The molecule has 0 spiro atoms. The molecule has 3 aromatic carbocycles. The van der Waals surface area contributed by atoms with E-state index in [1.54, 1.807) is 67.8 Å². The van der Waals surface area contributed by atoms with Crippen LogP contribution >= 0.6 is 15.9 Å². The van der Waals surface area contributed by atoms with Crippen LogP contribution in [-0.4, -0.2) is 35.1 Å². The van der Waals surface area contributed by atoms with Crippen molar-refractivity contribution < 1.29 is 22.7 Å². The van der Waals surface area contributed by atoms with E-state index in [2.05, 4.69) is 21.2 Å². The zero-order valence-electron chi connectivity index (χ0n) is 17.6. The fraction of sp³-hybridized carbons (Fsp3) is 0.174. The van der Waals surface area contributed by atoms with E-state index in [9.17, 15) is 13.2 Å². The topological polar surface area (TPSA) is 84.9 Å². The predicted molar refractivity (Wildman–Crippen MR) is 127 cm³/mol. The molecule has 0 radical (unpaired) electrons. The molecule has 1 amide bonds. The van der Waals surface area contributed by atoms with E-state index < -0.39 is 15.9 Å². The molecular weight excluding hydrogens is 496 g/mol. The average Bonchev–Trinajstić information content (AvgIpc) is 2.82. The molecule has 0 aliphatic heterocycles. The van der Waals surface area contributed by atoms with Gasteiger partial charge in [0.15, 0.2) is 11.5 Å². The maximum absolute atomic E-state index is 13.3. The van der Waals surface area contributed by atoms with Crippen molar-refractivity contribution in [2.24, 2.45) is 0 Å². The van der Waals surface area contributed by atoms with Crippen LogP contribution in [-0.2, 0) is 21.4 Å². The Balaban J connectivity index is 1.80. The van der Waals surface area contributed by atoms with Gasteiger partial charge in [-0.05, 0) is 54.1 Å². The summed E-state index contributed by atoms with van der Waals surface area (Å²) in [6.45, 7) is -0.162. The summed E-state index contributed by atoms with van der Waals surface area (Å²) in [5.41, 5.74) is 1.18. The lowest BCUT2D eigenvalue weighted by Gasteiger charge is -2.24. The Morgan fingerprint density at radius 2 is 1.59 bits per heavy atom. The van der Waals surface area contributed by atoms with Gasteiger partial charge in [0.05, 0.1) is 24.8 Å². The van der Waals surface area contributed by atoms with E-state index in [-0.39, 0.29) is 18.0 Å². The van der Waals surface area contributed by atoms with Crippen LogP contribution in [0, 0.1) is 0 Å². The minimum Gasteiger partial charge on any atom is -0.493 e. The molecule has 0 aliphatic rings. The van der Waals surface area contributed by atoms with Gasteiger partial charge >= 0.3 is 0 Å². The SMILES string of the molecule is COc1ccc(CNC(=O)CN(c2ccc(Br)cc2)S(=O)(=O)c2ccccc2)cc1OC. The second-order valence-electron chi connectivity index (χ2n) is 6.77. The minimum absolute atomic E-state index is 0.107. The van der Waals surface area contributed by atoms with E-state index in [1.165, 1.54) is 19.2 Å². The minimum atomic E-state index is -3.94. The smallest absolute Gasteiger partial charge is 0.264 e. The van der Waals surface area contributed by atoms with Gasteiger partial charge in [-0.3, -0.25) is 9.10 Å². The third-order valence-corrected chi connectivity index (χ3v) is 6.99. The summed E-state index contributed by atoms with van der Waals surface area (Å²) < 4.78 is 39.0. The summed E-state index contributed by atoms with van der Waals surface area (Å²) in [7, 11) is -0.867. The Labute approximate surface area is 196 Å². The van der Waals surface area contributed by atoms with Crippen molar-refractivity contribution in [3.05, 3.63) is 82.8 Å². The van der Waals surface area contributed by atoms with Gasteiger partial charge in [0.1, 0.15) is 6.54 Å². The normalized spacial score (nSPS) is 11.0. The van der Waals surface area contributed by atoms with Crippen LogP contribution in [0.1, 0.15) is 5.56 Å². The van der Waals surface area contributed by atoms with Gasteiger partial charge in [0.2, 0.25) is 5.91 Å². The molecule has 0 bridgehead atoms. The maximum Gasteiger partial charge on any atom is 0.264 e. The van der Waals surface area contributed by atoms with Crippen LogP contribution in [0.2, 0.25) is 0 Å². The van der Waals surface area contributed by atoms with Crippen LogP contribution in [0.4, 0.5) is 5.69 Å². The predicted octanol–water partition coefficient (Wildman–Crippen LogP) is 3.98. The first-order chi connectivity index (χ1) is 15.3. The number of carbonyl (C=O) groups excluding carboxylic acids is 1. The molecule has 0 saturated carbocycles. The van der Waals surface area contributed by atoms with Crippen molar-refractivity contribution in [1.82, 2.24) is 5.32 Å². The number of rotatable bonds is 9. The summed E-state index contributed by atoms with van der Waals surface area (Å²) in [5.74, 6) is 0.683. The summed E-state index contributed by atoms with van der Waals surface area (Å²) >= 11 is 3.35. The third-order valence-electron chi connectivity index (χ3n) is 4.67. The van der Waals surface area contributed by atoms with Gasteiger partial charge in [-0.25, -0.2) is 8.42 Å². The number of nitrogens with one attached hydrogen (secondary N) is 1. The molecule has 0 aliphatic carbocycles. The number of hydrogen-bond donors (Lipinski definition) is 1. The van der Waals surface area contributed by atoms with Crippen molar-refractivity contribution in [3.8, 4) is 11.5 Å². The van der Waals surface area contributed by atoms with Crippen molar-refractivity contribution in [2.45, 2.75) is 11.4 Å². The molecule has 7 nitrogen and oxygen atoms in total. The fourth-order valence-electron chi connectivity index (χ4n) is 3.02. The first-order valence-corrected chi connectivity index (χ1v) is 11.9. The maximum atomic E-state index is 13.3. The molecule has 0 unspecified atom stereocenters. The van der Waals surface area contributed by atoms with E-state index in [4.69, 9.17) is 9.47 Å². The lowest BCUT2D eigenvalue weighted by Crippen LogP contribution is -2.40. The van der Waals surface area contributed by atoms with Crippen LogP contribution in [0.3, 0.4) is 0 Å². The van der Waals surface area contributed by atoms with Gasteiger partial charge < -0.3 is 14.8 Å². The number of anilines is 1. The Morgan fingerprint density at radius 3 is 2.22 bits per heavy atom. The highest BCUT2D eigenvalue weighted by Crippen LogP contribution is 2.28. The summed E-state index contributed by atoms with van der Waals surface area (Å²) in [5, 5.41) is 2.77. The van der Waals surface area contributed by atoms with E-state index in [1.807, 2.05) is 0 Å². The molecule has 168 valence electrons. The molecule has 3 aromatic rings. The fourth-order valence-corrected chi connectivity index (χ4v) is 4.73. The standard InChI is InChI=1S/C23H23BrN2O5S/c1-30-21-13-8-17(14-22(21)31-2)15-25-23(27)16-26(19-11-9-18(24)10-12-19)32(28,29)20-6-4-3-5-7-20/h3-14H,15-16H2,1-2H3,(H,25,27). The summed E-state index contributed by atoms with van der Waals surface area (Å²) in [4.78, 5) is 12.8. The second kappa shape index (κ2) is 10.5. The van der Waals surface area contributed by atoms with E-state index in [0.29, 0.717) is 17.2 Å². The highest BCUT2D eigenvalue weighted by molar-refractivity contribution is 9.10. The number of nitrogens with zero attached hydrogens (tertiary/aromatic N) is 1. The van der Waals surface area contributed by atoms with Crippen molar-refractivity contribution in [3.63, 3.8) is 0 Å². The van der Waals surface area contributed by atoms with Gasteiger partial charge in [0, 0.05) is 11.0 Å². The number of carbonyl (C=O) groups is 1. The lowest BCUT2D eigenvalue weighted by atomic mass is 10.2. The first kappa shape index (κ1) is 23.6. The molecule has 0 atom stereocenters. The number of halogens is 1. The van der Waals surface area contributed by atoms with Crippen molar-refractivity contribution in [1.29, 1.82) is 0 Å². The molecule has 0 aromatic heterocycles. The number of methoxy groups -OCH3 is 2. The van der Waals surface area contributed by atoms with Gasteiger partial charge in [-0.1, -0.05) is 40.2 Å². The monoisotopic (exact) mass is 518 g/mol. The Kier molecular flexibility index (Phi) is 7.76. The Hall–Kier alpha value is -3.04. The number of hydrogen-bond acceptors (Lipinski definition) is 5. The molecule has 9 heteroatoms. The zero-order chi connectivity index (χ0) is 23.1. The largest absolute Gasteiger partial charge is 0.493 e. The van der Waals surface area contributed by atoms with E-state index in [0.717, 1.165) is 14.3 Å². The summed E-state index contributed by atoms with van der Waals surface area (Å²) in [6, 6.07) is 20.1. The zero-order valence-corrected chi connectivity index (χ0v) is 20.0. The van der Waals surface area contributed by atoms with Crippen LogP contribution < -0.4 is 19.1 Å². The first-order valence-electron chi connectivity index (χ1n) is 9.66. The quantitative estimate of drug-likeness (QED) is 0.463. The second-order valence-corrected chi connectivity index (χ2v) is 9.55. The van der Waals surface area contributed by atoms with Gasteiger partial charge in [0.25, 0.3) is 10.0 Å². The van der Waals surface area contributed by atoms with Gasteiger partial charge in [-0.2, -0.15) is 0 Å². The highest BCUT2D eigenvalue weighted by atomic mass is 79.9. The number of amides is 1. The number of sulfonamides is 1. The molecular formula is C23H23BrN2O5S. The Bertz CT molecular complexity index is 1170. The Morgan fingerprint density at radius 1 is 0.938 bits per heavy atom. The molecule has 0 fully saturated rings.